The Labute approximate surface area is 234 Å². The number of rotatable bonds is 9. The van der Waals surface area contributed by atoms with Crippen LogP contribution >= 0.6 is 0 Å². The summed E-state index contributed by atoms with van der Waals surface area (Å²) in [6, 6.07) is 9.45. The Bertz CT molecular complexity index is 1410. The first-order valence-corrected chi connectivity index (χ1v) is 13.0. The smallest absolute Gasteiger partial charge is 0.382 e. The minimum Gasteiger partial charge on any atom is -0.382 e. The van der Waals surface area contributed by atoms with E-state index in [1.165, 1.54) is 18.3 Å². The number of halogens is 3. The Morgan fingerprint density at radius 3 is 2.59 bits per heavy atom. The number of hydrogen-bond donors (Lipinski definition) is 4. The van der Waals surface area contributed by atoms with Crippen LogP contribution in [0.3, 0.4) is 0 Å². The van der Waals surface area contributed by atoms with Gasteiger partial charge in [0.05, 0.1) is 11.3 Å². The lowest BCUT2D eigenvalue weighted by atomic mass is 9.88. The first-order valence-electron chi connectivity index (χ1n) is 13.0. The number of nitrogen functional groups attached to an aromatic ring is 1. The van der Waals surface area contributed by atoms with E-state index in [2.05, 4.69) is 20.6 Å². The van der Waals surface area contributed by atoms with Gasteiger partial charge >= 0.3 is 6.18 Å². The molecule has 3 aromatic rings. The molecule has 1 aliphatic rings. The maximum absolute atomic E-state index is 13.0. The minimum absolute atomic E-state index is 0.00996. The summed E-state index contributed by atoms with van der Waals surface area (Å²) in [6.07, 6.45) is -0.573. The molecule has 1 aliphatic heterocycles. The second-order valence-corrected chi connectivity index (χ2v) is 9.43. The number of alkyl halides is 3. The molecule has 1 fully saturated rings. The van der Waals surface area contributed by atoms with Gasteiger partial charge in [-0.15, -0.1) is 0 Å². The molecule has 10 nitrogen and oxygen atoms in total. The van der Waals surface area contributed by atoms with Crippen LogP contribution in [0.2, 0.25) is 0 Å². The van der Waals surface area contributed by atoms with Crippen LogP contribution in [0.15, 0.2) is 54.9 Å². The van der Waals surface area contributed by atoms with Crippen molar-refractivity contribution in [1.82, 2.24) is 14.9 Å². The third-order valence-electron chi connectivity index (χ3n) is 6.63. The summed E-state index contributed by atoms with van der Waals surface area (Å²) in [7, 11) is 0. The van der Waals surface area contributed by atoms with Crippen molar-refractivity contribution in [3.63, 3.8) is 0 Å². The fourth-order valence-electron chi connectivity index (χ4n) is 4.49. The maximum atomic E-state index is 13.0. The third-order valence-corrected chi connectivity index (χ3v) is 6.63. The molecule has 1 atom stereocenters. The number of nitrogens with two attached hydrogens (primary N) is 1. The Kier molecular flexibility index (Phi) is 9.17. The van der Waals surface area contributed by atoms with Gasteiger partial charge in [-0.2, -0.15) is 13.2 Å². The van der Waals surface area contributed by atoms with Gasteiger partial charge in [-0.1, -0.05) is 0 Å². The molecular formula is C28H30F3N7O3. The second-order valence-electron chi connectivity index (χ2n) is 9.43. The van der Waals surface area contributed by atoms with Crippen LogP contribution in [0.1, 0.15) is 41.3 Å². The summed E-state index contributed by atoms with van der Waals surface area (Å²) < 4.78 is 44.1. The van der Waals surface area contributed by atoms with Gasteiger partial charge in [0.25, 0.3) is 5.91 Å². The predicted octanol–water partition coefficient (Wildman–Crippen LogP) is 4.72. The molecule has 0 radical (unpaired) electrons. The van der Waals surface area contributed by atoms with Crippen LogP contribution in [-0.4, -0.2) is 58.7 Å². The molecule has 0 saturated carbocycles. The lowest BCUT2D eigenvalue weighted by molar-refractivity contribution is -0.138. The number of pyridine rings is 2. The van der Waals surface area contributed by atoms with E-state index in [4.69, 9.17) is 15.9 Å². The van der Waals surface area contributed by atoms with Crippen LogP contribution < -0.4 is 16.4 Å². The van der Waals surface area contributed by atoms with Crippen LogP contribution in [0.5, 0.6) is 0 Å². The first-order chi connectivity index (χ1) is 19.6. The summed E-state index contributed by atoms with van der Waals surface area (Å²) in [5, 5.41) is 14.5. The van der Waals surface area contributed by atoms with E-state index in [0.717, 1.165) is 31.2 Å². The van der Waals surface area contributed by atoms with Gasteiger partial charge in [0.2, 0.25) is 5.91 Å². The Balaban J connectivity index is 1.46. The van der Waals surface area contributed by atoms with Gasteiger partial charge < -0.3 is 31.4 Å². The number of anilines is 4. The molecule has 1 aromatic carbocycles. The minimum atomic E-state index is -4.56. The number of aromatic nitrogens is 2. The normalized spacial score (nSPS) is 15.3. The summed E-state index contributed by atoms with van der Waals surface area (Å²) >= 11 is 0. The lowest BCUT2D eigenvalue weighted by Gasteiger charge is -2.33. The number of nitrogens with zero attached hydrogens (tertiary/aromatic N) is 3. The van der Waals surface area contributed by atoms with Gasteiger partial charge in [-0.25, -0.2) is 9.97 Å². The number of amides is 2. The molecule has 0 unspecified atom stereocenters. The topological polar surface area (TPSA) is 146 Å². The van der Waals surface area contributed by atoms with E-state index in [1.807, 2.05) is 6.92 Å². The largest absolute Gasteiger partial charge is 0.416 e. The van der Waals surface area contributed by atoms with E-state index < -0.39 is 17.6 Å². The number of piperidine rings is 1. The fraction of sp³-hybridized carbons (Fsp3) is 0.321. The molecule has 3 heterocycles. The first kappa shape index (κ1) is 29.5. The average molecular weight is 570 g/mol. The number of carbonyl (C=O) groups excluding carboxylic acids is 2. The van der Waals surface area contributed by atoms with Crippen molar-refractivity contribution in [3.8, 4) is 0 Å². The van der Waals surface area contributed by atoms with E-state index in [9.17, 15) is 22.8 Å². The van der Waals surface area contributed by atoms with Gasteiger partial charge in [0.1, 0.15) is 18.2 Å². The molecule has 216 valence electrons. The number of benzene rings is 1. The summed E-state index contributed by atoms with van der Waals surface area (Å²) in [6.45, 7) is 3.30. The monoisotopic (exact) mass is 569 g/mol. The quantitative estimate of drug-likeness (QED) is 0.273. The third kappa shape index (κ3) is 7.37. The fourth-order valence-corrected chi connectivity index (χ4v) is 4.49. The number of hydrogen-bond acceptors (Lipinski definition) is 8. The van der Waals surface area contributed by atoms with Crippen LogP contribution in [-0.2, 0) is 15.7 Å². The lowest BCUT2D eigenvalue weighted by Crippen LogP contribution is -2.44. The highest BCUT2D eigenvalue weighted by Crippen LogP contribution is 2.31. The Morgan fingerprint density at radius 2 is 1.88 bits per heavy atom. The maximum Gasteiger partial charge on any atom is 0.416 e. The Hall–Kier alpha value is -4.52. The molecule has 2 aromatic heterocycles. The average Bonchev–Trinajstić information content (AvgIpc) is 2.96. The zero-order valence-corrected chi connectivity index (χ0v) is 22.3. The number of carbonyl (C=O) groups is 2. The number of ether oxygens (including phenoxy) is 1. The van der Waals surface area contributed by atoms with Crippen molar-refractivity contribution >= 4 is 40.5 Å². The highest BCUT2D eigenvalue weighted by atomic mass is 19.4. The van der Waals surface area contributed by atoms with Crippen molar-refractivity contribution in [1.29, 1.82) is 5.41 Å². The molecule has 0 spiro atoms. The van der Waals surface area contributed by atoms with E-state index in [1.54, 1.807) is 23.1 Å². The zero-order chi connectivity index (χ0) is 29.6. The second kappa shape index (κ2) is 12.8. The molecule has 41 heavy (non-hydrogen) atoms. The zero-order valence-electron chi connectivity index (χ0n) is 22.3. The van der Waals surface area contributed by atoms with Crippen molar-refractivity contribution in [2.45, 2.75) is 25.9 Å². The van der Waals surface area contributed by atoms with Crippen LogP contribution in [0.4, 0.5) is 36.2 Å². The van der Waals surface area contributed by atoms with Crippen LogP contribution in [0.25, 0.3) is 0 Å². The highest BCUT2D eigenvalue weighted by Gasteiger charge is 2.31. The molecule has 13 heteroatoms. The van der Waals surface area contributed by atoms with Crippen molar-refractivity contribution in [2.75, 3.05) is 42.7 Å². The predicted molar refractivity (Wildman–Crippen MR) is 148 cm³/mol. The van der Waals surface area contributed by atoms with E-state index >= 15 is 0 Å². The summed E-state index contributed by atoms with van der Waals surface area (Å²) in [4.78, 5) is 34.7. The summed E-state index contributed by atoms with van der Waals surface area (Å²) in [5.41, 5.74) is 7.27. The molecule has 0 bridgehead atoms. The van der Waals surface area contributed by atoms with Gasteiger partial charge in [-0.3, -0.25) is 9.59 Å². The van der Waals surface area contributed by atoms with Gasteiger partial charge in [0, 0.05) is 60.5 Å². The molecular weight excluding hydrogens is 539 g/mol. The van der Waals surface area contributed by atoms with Crippen molar-refractivity contribution in [2.24, 2.45) is 5.92 Å². The SMILES string of the molecule is CCOCC(=O)N1CCC[C@@H](C(=N)c2ccnc(N)c2Nc2ccc(C(=O)Nc3cc(C(F)(F)F)ccn3)cc2)C1. The van der Waals surface area contributed by atoms with E-state index in [-0.39, 0.29) is 35.6 Å². The van der Waals surface area contributed by atoms with Crippen LogP contribution in [0, 0.1) is 11.3 Å². The van der Waals surface area contributed by atoms with Crippen molar-refractivity contribution in [3.05, 3.63) is 71.5 Å². The number of likely N-dealkylation sites (tertiary alicyclic amines) is 1. The number of nitrogens with one attached hydrogen (secondary N) is 3. The van der Waals surface area contributed by atoms with Gasteiger partial charge in [0.15, 0.2) is 0 Å². The molecule has 5 N–H and O–H groups in total. The molecule has 2 amide bonds. The molecule has 1 saturated heterocycles. The Morgan fingerprint density at radius 1 is 1.15 bits per heavy atom. The molecule has 0 aliphatic carbocycles. The molecule has 4 rings (SSSR count). The van der Waals surface area contributed by atoms with E-state index in [0.29, 0.717) is 42.3 Å². The van der Waals surface area contributed by atoms with Gasteiger partial charge in [-0.05, 0) is 62.2 Å². The summed E-state index contributed by atoms with van der Waals surface area (Å²) in [5.74, 6) is -0.992. The highest BCUT2D eigenvalue weighted by molar-refractivity contribution is 6.07. The standard InChI is InChI=1S/C28H30F3N7O3/c1-2-41-16-23(39)38-13-3-4-18(15-38)24(32)21-10-12-35-26(33)25(21)36-20-7-5-17(6-8-20)27(40)37-22-14-19(9-11-34-22)28(29,30)31/h5-12,14,18,32,36H,2-4,13,15-16H2,1H3,(H2,33,35)(H,34,37,40)/t18-/m1/s1. The van der Waals surface area contributed by atoms with Crippen molar-refractivity contribution < 1.29 is 27.5 Å².